The predicted octanol–water partition coefficient (Wildman–Crippen LogP) is 5.06. The SMILES string of the molecule is Cc1c(NC(=O)[C@@H]2CC(=O)N(c3cccc(Cl)c3)C2)ccc(Br)c1Cl. The van der Waals surface area contributed by atoms with Crippen LogP contribution in [0.15, 0.2) is 40.9 Å². The van der Waals surface area contributed by atoms with Crippen molar-refractivity contribution in [3.63, 3.8) is 0 Å². The molecular weight excluding hydrogens is 427 g/mol. The summed E-state index contributed by atoms with van der Waals surface area (Å²) in [6.45, 7) is 2.16. The summed E-state index contributed by atoms with van der Waals surface area (Å²) in [7, 11) is 0. The van der Waals surface area contributed by atoms with Gasteiger partial charge in [0.25, 0.3) is 0 Å². The average Bonchev–Trinajstić information content (AvgIpc) is 2.97. The van der Waals surface area contributed by atoms with E-state index in [0.29, 0.717) is 28.0 Å². The summed E-state index contributed by atoms with van der Waals surface area (Å²) < 4.78 is 0.771. The summed E-state index contributed by atoms with van der Waals surface area (Å²) in [6, 6.07) is 10.6. The zero-order valence-corrected chi connectivity index (χ0v) is 16.5. The first-order valence-corrected chi connectivity index (χ1v) is 9.23. The molecule has 0 radical (unpaired) electrons. The fourth-order valence-electron chi connectivity index (χ4n) is 2.80. The minimum atomic E-state index is -0.423. The summed E-state index contributed by atoms with van der Waals surface area (Å²) in [5.41, 5.74) is 2.13. The van der Waals surface area contributed by atoms with Gasteiger partial charge in [0.1, 0.15) is 0 Å². The van der Waals surface area contributed by atoms with Crippen LogP contribution in [0, 0.1) is 12.8 Å². The third-order valence-electron chi connectivity index (χ3n) is 4.21. The normalized spacial score (nSPS) is 17.0. The van der Waals surface area contributed by atoms with E-state index in [2.05, 4.69) is 21.2 Å². The zero-order valence-electron chi connectivity index (χ0n) is 13.4. The molecule has 1 aliphatic rings. The van der Waals surface area contributed by atoms with Crippen molar-refractivity contribution in [2.45, 2.75) is 13.3 Å². The highest BCUT2D eigenvalue weighted by Crippen LogP contribution is 2.32. The summed E-state index contributed by atoms with van der Waals surface area (Å²) >= 11 is 15.5. The summed E-state index contributed by atoms with van der Waals surface area (Å²) in [5.74, 6) is -0.708. The molecule has 4 nitrogen and oxygen atoms in total. The van der Waals surface area contributed by atoms with E-state index in [1.54, 1.807) is 35.2 Å². The second-order valence-corrected chi connectivity index (χ2v) is 7.58. The highest BCUT2D eigenvalue weighted by Gasteiger charge is 2.35. The van der Waals surface area contributed by atoms with Gasteiger partial charge >= 0.3 is 0 Å². The predicted molar refractivity (Wildman–Crippen MR) is 104 cm³/mol. The third kappa shape index (κ3) is 3.84. The van der Waals surface area contributed by atoms with Crippen LogP contribution in [0.5, 0.6) is 0 Å². The van der Waals surface area contributed by atoms with Crippen molar-refractivity contribution in [2.24, 2.45) is 5.92 Å². The summed E-state index contributed by atoms with van der Waals surface area (Å²) in [5, 5.41) is 3.99. The Morgan fingerprint density at radius 3 is 2.76 bits per heavy atom. The fourth-order valence-corrected chi connectivity index (χ4v) is 3.58. The lowest BCUT2D eigenvalue weighted by Gasteiger charge is -2.17. The number of nitrogens with one attached hydrogen (secondary N) is 1. The first-order chi connectivity index (χ1) is 11.9. The van der Waals surface area contributed by atoms with E-state index in [1.165, 1.54) is 0 Å². The molecule has 0 saturated carbocycles. The van der Waals surface area contributed by atoms with E-state index in [0.717, 1.165) is 10.0 Å². The maximum absolute atomic E-state index is 12.6. The first kappa shape index (κ1) is 18.2. The average molecular weight is 442 g/mol. The minimum absolute atomic E-state index is 0.0898. The molecule has 3 rings (SSSR count). The number of amides is 2. The lowest BCUT2D eigenvalue weighted by Crippen LogP contribution is -2.28. The molecule has 1 N–H and O–H groups in total. The molecule has 0 spiro atoms. The lowest BCUT2D eigenvalue weighted by atomic mass is 10.1. The molecular formula is C18H15BrCl2N2O2. The van der Waals surface area contributed by atoms with Crippen molar-refractivity contribution in [1.29, 1.82) is 0 Å². The summed E-state index contributed by atoms with van der Waals surface area (Å²) in [4.78, 5) is 26.5. The van der Waals surface area contributed by atoms with Gasteiger partial charge in [0.2, 0.25) is 11.8 Å². The van der Waals surface area contributed by atoms with Gasteiger partial charge in [0.15, 0.2) is 0 Å². The number of rotatable bonds is 3. The van der Waals surface area contributed by atoms with E-state index in [-0.39, 0.29) is 18.2 Å². The molecule has 0 unspecified atom stereocenters. The molecule has 25 heavy (non-hydrogen) atoms. The number of halogens is 3. The number of hydrogen-bond acceptors (Lipinski definition) is 2. The van der Waals surface area contributed by atoms with Crippen LogP contribution in [0.3, 0.4) is 0 Å². The van der Waals surface area contributed by atoms with Crippen LogP contribution in [0.2, 0.25) is 10.0 Å². The maximum Gasteiger partial charge on any atom is 0.229 e. The molecule has 130 valence electrons. The van der Waals surface area contributed by atoms with Gasteiger partial charge in [0, 0.05) is 33.8 Å². The monoisotopic (exact) mass is 440 g/mol. The second-order valence-electron chi connectivity index (χ2n) is 5.91. The highest BCUT2D eigenvalue weighted by molar-refractivity contribution is 9.10. The van der Waals surface area contributed by atoms with Crippen LogP contribution in [-0.4, -0.2) is 18.4 Å². The van der Waals surface area contributed by atoms with Gasteiger partial charge in [-0.3, -0.25) is 9.59 Å². The topological polar surface area (TPSA) is 49.4 Å². The number of carbonyl (C=O) groups is 2. The van der Waals surface area contributed by atoms with E-state index < -0.39 is 5.92 Å². The lowest BCUT2D eigenvalue weighted by molar-refractivity contribution is -0.122. The molecule has 2 amide bonds. The molecule has 2 aromatic carbocycles. The molecule has 0 aromatic heterocycles. The van der Waals surface area contributed by atoms with Gasteiger partial charge < -0.3 is 10.2 Å². The molecule has 1 atom stereocenters. The van der Waals surface area contributed by atoms with E-state index in [4.69, 9.17) is 23.2 Å². The first-order valence-electron chi connectivity index (χ1n) is 7.68. The fraction of sp³-hybridized carbons (Fsp3) is 0.222. The maximum atomic E-state index is 12.6. The number of carbonyl (C=O) groups excluding carboxylic acids is 2. The van der Waals surface area contributed by atoms with Crippen molar-refractivity contribution in [2.75, 3.05) is 16.8 Å². The molecule has 1 saturated heterocycles. The molecule has 1 aliphatic heterocycles. The smallest absolute Gasteiger partial charge is 0.229 e. The van der Waals surface area contributed by atoms with Crippen LogP contribution in [0.4, 0.5) is 11.4 Å². The number of hydrogen-bond donors (Lipinski definition) is 1. The Bertz CT molecular complexity index is 857. The van der Waals surface area contributed by atoms with Gasteiger partial charge in [0.05, 0.1) is 10.9 Å². The Balaban J connectivity index is 1.74. The van der Waals surface area contributed by atoms with E-state index in [1.807, 2.05) is 13.0 Å². The van der Waals surface area contributed by atoms with E-state index in [9.17, 15) is 9.59 Å². The van der Waals surface area contributed by atoms with Crippen LogP contribution in [0.1, 0.15) is 12.0 Å². The molecule has 1 fully saturated rings. The van der Waals surface area contributed by atoms with Crippen molar-refractivity contribution >= 4 is 62.3 Å². The molecule has 0 bridgehead atoms. The van der Waals surface area contributed by atoms with Gasteiger partial charge in [-0.15, -0.1) is 0 Å². The third-order valence-corrected chi connectivity index (χ3v) is 5.82. The van der Waals surface area contributed by atoms with Crippen LogP contribution in [0.25, 0.3) is 0 Å². The number of benzene rings is 2. The minimum Gasteiger partial charge on any atom is -0.325 e. The van der Waals surface area contributed by atoms with Crippen molar-refractivity contribution in [3.8, 4) is 0 Å². The van der Waals surface area contributed by atoms with Gasteiger partial charge in [-0.1, -0.05) is 29.3 Å². The van der Waals surface area contributed by atoms with E-state index >= 15 is 0 Å². The van der Waals surface area contributed by atoms with Gasteiger partial charge in [-0.05, 0) is 58.7 Å². The van der Waals surface area contributed by atoms with Crippen molar-refractivity contribution in [3.05, 3.63) is 56.5 Å². The second kappa shape index (κ2) is 7.36. The largest absolute Gasteiger partial charge is 0.325 e. The van der Waals surface area contributed by atoms with Crippen molar-refractivity contribution < 1.29 is 9.59 Å². The summed E-state index contributed by atoms with van der Waals surface area (Å²) in [6.07, 6.45) is 0.168. The zero-order chi connectivity index (χ0) is 18.1. The van der Waals surface area contributed by atoms with Gasteiger partial charge in [-0.2, -0.15) is 0 Å². The number of anilines is 2. The Labute approximate surface area is 164 Å². The number of nitrogens with zero attached hydrogens (tertiary/aromatic N) is 1. The quantitative estimate of drug-likeness (QED) is 0.723. The molecule has 0 aliphatic carbocycles. The van der Waals surface area contributed by atoms with Crippen LogP contribution < -0.4 is 10.2 Å². The molecule has 7 heteroatoms. The Kier molecular flexibility index (Phi) is 5.37. The van der Waals surface area contributed by atoms with Crippen LogP contribution >= 0.6 is 39.1 Å². The molecule has 2 aromatic rings. The Morgan fingerprint density at radius 1 is 1.28 bits per heavy atom. The molecule has 1 heterocycles. The highest BCUT2D eigenvalue weighted by atomic mass is 79.9. The standard InChI is InChI=1S/C18H15BrCl2N2O2/c1-10-15(6-5-14(19)17(10)21)22-18(25)11-7-16(24)23(9-11)13-4-2-3-12(20)8-13/h2-6,8,11H,7,9H2,1H3,(H,22,25)/t11-/m1/s1. The van der Waals surface area contributed by atoms with Gasteiger partial charge in [-0.25, -0.2) is 0 Å². The Morgan fingerprint density at radius 2 is 2.04 bits per heavy atom. The van der Waals surface area contributed by atoms with Crippen molar-refractivity contribution in [1.82, 2.24) is 0 Å². The van der Waals surface area contributed by atoms with Crippen LogP contribution in [-0.2, 0) is 9.59 Å². The Hall–Kier alpha value is -1.56.